The Morgan fingerprint density at radius 3 is 2.69 bits per heavy atom. The highest BCUT2D eigenvalue weighted by molar-refractivity contribution is 6.42. The van der Waals surface area contributed by atoms with E-state index < -0.39 is 0 Å². The van der Waals surface area contributed by atoms with Crippen LogP contribution in [0.25, 0.3) is 0 Å². The Kier molecular flexibility index (Phi) is 5.06. The van der Waals surface area contributed by atoms with Crippen molar-refractivity contribution in [1.29, 1.82) is 0 Å². The quantitative estimate of drug-likeness (QED) is 0.879. The summed E-state index contributed by atoms with van der Waals surface area (Å²) >= 11 is 11.9. The first-order valence-corrected chi connectivity index (χ1v) is 6.01. The molecule has 0 radical (unpaired) electrons. The smallest absolute Gasteiger partial charge is 0.0732 e. The summed E-state index contributed by atoms with van der Waals surface area (Å²) in [6.07, 6.45) is 0.871. The molecule has 1 aromatic carbocycles. The molecule has 0 saturated heterocycles. The van der Waals surface area contributed by atoms with E-state index >= 15 is 0 Å². The monoisotopic (exact) mass is 261 g/mol. The molecule has 0 aliphatic rings. The van der Waals surface area contributed by atoms with Gasteiger partial charge in [0.1, 0.15) is 0 Å². The van der Waals surface area contributed by atoms with Crippen molar-refractivity contribution in [1.82, 2.24) is 0 Å². The molecule has 0 aliphatic heterocycles. The third kappa shape index (κ3) is 3.95. The second kappa shape index (κ2) is 5.87. The Morgan fingerprint density at radius 1 is 1.38 bits per heavy atom. The highest BCUT2D eigenvalue weighted by Crippen LogP contribution is 2.26. The van der Waals surface area contributed by atoms with Gasteiger partial charge in [-0.2, -0.15) is 0 Å². The minimum Gasteiger partial charge on any atom is -0.375 e. The molecule has 90 valence electrons. The van der Waals surface area contributed by atoms with Gasteiger partial charge in [0, 0.05) is 5.54 Å². The van der Waals surface area contributed by atoms with Crippen LogP contribution in [0.2, 0.25) is 10.0 Å². The molecule has 2 nitrogen and oxygen atoms in total. The number of hydrogen-bond acceptors (Lipinski definition) is 2. The van der Waals surface area contributed by atoms with Crippen molar-refractivity contribution >= 4 is 23.2 Å². The van der Waals surface area contributed by atoms with Gasteiger partial charge in [0.05, 0.1) is 23.3 Å². The van der Waals surface area contributed by atoms with E-state index in [1.807, 2.05) is 26.0 Å². The van der Waals surface area contributed by atoms with Crippen molar-refractivity contribution < 1.29 is 4.74 Å². The Labute approximate surface area is 107 Å². The van der Waals surface area contributed by atoms with Crippen molar-refractivity contribution in [3.63, 3.8) is 0 Å². The first-order chi connectivity index (χ1) is 7.46. The SMILES string of the molecule is CCC(C)(N)COCc1cccc(Cl)c1Cl. The summed E-state index contributed by atoms with van der Waals surface area (Å²) in [6, 6.07) is 5.51. The molecule has 0 amide bonds. The van der Waals surface area contributed by atoms with E-state index in [2.05, 4.69) is 0 Å². The summed E-state index contributed by atoms with van der Waals surface area (Å²) in [6.45, 7) is 4.95. The second-order valence-corrected chi connectivity index (χ2v) is 5.00. The second-order valence-electron chi connectivity index (χ2n) is 4.21. The lowest BCUT2D eigenvalue weighted by Crippen LogP contribution is -2.40. The van der Waals surface area contributed by atoms with Gasteiger partial charge in [0.25, 0.3) is 0 Å². The summed E-state index contributed by atoms with van der Waals surface area (Å²) in [5, 5.41) is 1.10. The van der Waals surface area contributed by atoms with Crippen LogP contribution in [-0.2, 0) is 11.3 Å². The first-order valence-electron chi connectivity index (χ1n) is 5.26. The molecule has 16 heavy (non-hydrogen) atoms. The van der Waals surface area contributed by atoms with Crippen LogP contribution in [0.15, 0.2) is 18.2 Å². The molecule has 4 heteroatoms. The van der Waals surface area contributed by atoms with Crippen LogP contribution in [0.5, 0.6) is 0 Å². The lowest BCUT2D eigenvalue weighted by atomic mass is 10.0. The normalized spacial score (nSPS) is 14.8. The third-order valence-corrected chi connectivity index (χ3v) is 3.39. The first kappa shape index (κ1) is 13.8. The molecule has 1 aromatic rings. The van der Waals surface area contributed by atoms with Crippen LogP contribution in [0, 0.1) is 0 Å². The Morgan fingerprint density at radius 2 is 2.06 bits per heavy atom. The van der Waals surface area contributed by atoms with E-state index in [1.54, 1.807) is 6.07 Å². The van der Waals surface area contributed by atoms with Gasteiger partial charge in [-0.1, -0.05) is 42.3 Å². The maximum absolute atomic E-state index is 6.03. The Bertz CT molecular complexity index is 353. The van der Waals surface area contributed by atoms with E-state index in [1.165, 1.54) is 0 Å². The summed E-state index contributed by atoms with van der Waals surface area (Å²) in [7, 11) is 0. The van der Waals surface area contributed by atoms with Crippen molar-refractivity contribution in [2.45, 2.75) is 32.4 Å². The fourth-order valence-corrected chi connectivity index (χ4v) is 1.53. The van der Waals surface area contributed by atoms with Gasteiger partial charge in [-0.05, 0) is 25.0 Å². The summed E-state index contributed by atoms with van der Waals surface area (Å²) in [5.41, 5.74) is 6.57. The predicted octanol–water partition coefficient (Wildman–Crippen LogP) is 3.64. The zero-order valence-corrected chi connectivity index (χ0v) is 11.1. The van der Waals surface area contributed by atoms with Gasteiger partial charge in [0.15, 0.2) is 0 Å². The van der Waals surface area contributed by atoms with Crippen LogP contribution in [-0.4, -0.2) is 12.1 Å². The van der Waals surface area contributed by atoms with Crippen LogP contribution in [0.1, 0.15) is 25.8 Å². The molecule has 0 spiro atoms. The number of ether oxygens (including phenoxy) is 1. The molecule has 1 rings (SSSR count). The van der Waals surface area contributed by atoms with Crippen molar-refractivity contribution in [2.24, 2.45) is 5.73 Å². The van der Waals surface area contributed by atoms with Gasteiger partial charge in [-0.3, -0.25) is 0 Å². The molecule has 0 fully saturated rings. The van der Waals surface area contributed by atoms with E-state index in [-0.39, 0.29) is 5.54 Å². The molecule has 1 unspecified atom stereocenters. The summed E-state index contributed by atoms with van der Waals surface area (Å²) < 4.78 is 5.54. The standard InChI is InChI=1S/C12H17Cl2NO/c1-3-12(2,15)8-16-7-9-5-4-6-10(13)11(9)14/h4-6H,3,7-8,15H2,1-2H3. The van der Waals surface area contributed by atoms with Crippen LogP contribution in [0.4, 0.5) is 0 Å². The number of hydrogen-bond donors (Lipinski definition) is 1. The molecule has 0 bridgehead atoms. The van der Waals surface area contributed by atoms with Crippen LogP contribution >= 0.6 is 23.2 Å². The average molecular weight is 262 g/mol. The van der Waals surface area contributed by atoms with Crippen molar-refractivity contribution in [2.75, 3.05) is 6.61 Å². The molecule has 2 N–H and O–H groups in total. The molecular formula is C12H17Cl2NO. The highest BCUT2D eigenvalue weighted by atomic mass is 35.5. The van der Waals surface area contributed by atoms with Gasteiger partial charge in [-0.15, -0.1) is 0 Å². The van der Waals surface area contributed by atoms with Gasteiger partial charge >= 0.3 is 0 Å². The lowest BCUT2D eigenvalue weighted by molar-refractivity contribution is 0.0778. The fourth-order valence-electron chi connectivity index (χ4n) is 1.16. The molecule has 0 heterocycles. The largest absolute Gasteiger partial charge is 0.375 e. The van der Waals surface area contributed by atoms with Crippen LogP contribution in [0.3, 0.4) is 0 Å². The number of rotatable bonds is 5. The molecule has 1 atom stereocenters. The van der Waals surface area contributed by atoms with Gasteiger partial charge in [-0.25, -0.2) is 0 Å². The fraction of sp³-hybridized carbons (Fsp3) is 0.500. The number of halogens is 2. The van der Waals surface area contributed by atoms with Crippen molar-refractivity contribution in [3.05, 3.63) is 33.8 Å². The molecular weight excluding hydrogens is 245 g/mol. The van der Waals surface area contributed by atoms with Gasteiger partial charge in [0.2, 0.25) is 0 Å². The number of nitrogens with two attached hydrogens (primary N) is 1. The summed E-state index contributed by atoms with van der Waals surface area (Å²) in [5.74, 6) is 0. The summed E-state index contributed by atoms with van der Waals surface area (Å²) in [4.78, 5) is 0. The molecule has 0 saturated carbocycles. The van der Waals surface area contributed by atoms with E-state index in [4.69, 9.17) is 33.7 Å². The van der Waals surface area contributed by atoms with Gasteiger partial charge < -0.3 is 10.5 Å². The highest BCUT2D eigenvalue weighted by Gasteiger charge is 2.15. The minimum atomic E-state index is -0.287. The maximum atomic E-state index is 6.03. The van der Waals surface area contributed by atoms with Crippen molar-refractivity contribution in [3.8, 4) is 0 Å². The van der Waals surface area contributed by atoms with E-state index in [0.717, 1.165) is 12.0 Å². The van der Waals surface area contributed by atoms with E-state index in [9.17, 15) is 0 Å². The maximum Gasteiger partial charge on any atom is 0.0732 e. The van der Waals surface area contributed by atoms with E-state index in [0.29, 0.717) is 23.3 Å². The Balaban J connectivity index is 2.53. The Hall–Kier alpha value is -0.280. The average Bonchev–Trinajstić information content (AvgIpc) is 2.24. The number of benzene rings is 1. The zero-order chi connectivity index (χ0) is 12.2. The predicted molar refractivity (Wildman–Crippen MR) is 69.0 cm³/mol. The third-order valence-electron chi connectivity index (χ3n) is 2.53. The molecule has 0 aromatic heterocycles. The zero-order valence-electron chi connectivity index (χ0n) is 9.59. The lowest BCUT2D eigenvalue weighted by Gasteiger charge is -2.22. The molecule has 0 aliphatic carbocycles. The topological polar surface area (TPSA) is 35.2 Å². The van der Waals surface area contributed by atoms with Crippen LogP contribution < -0.4 is 5.73 Å². The minimum absolute atomic E-state index is 0.287.